The highest BCUT2D eigenvalue weighted by atomic mass is 16.5. The van der Waals surface area contributed by atoms with Crippen molar-refractivity contribution in [3.63, 3.8) is 0 Å². The predicted octanol–water partition coefficient (Wildman–Crippen LogP) is 2.97. The largest absolute Gasteiger partial charge is 0.474 e. The van der Waals surface area contributed by atoms with E-state index in [0.29, 0.717) is 6.10 Å². The molecule has 29 heavy (non-hydrogen) atoms. The maximum atomic E-state index is 6.23. The second-order valence-corrected chi connectivity index (χ2v) is 8.03. The lowest BCUT2D eigenvalue weighted by Crippen LogP contribution is -2.47. The Hall–Kier alpha value is -2.67. The third kappa shape index (κ3) is 4.19. The minimum atomic E-state index is 0.302. The van der Waals surface area contributed by atoms with Crippen LogP contribution in [0.2, 0.25) is 0 Å². The first-order chi connectivity index (χ1) is 14.3. The van der Waals surface area contributed by atoms with Gasteiger partial charge < -0.3 is 14.2 Å². The zero-order valence-corrected chi connectivity index (χ0v) is 16.8. The summed E-state index contributed by atoms with van der Waals surface area (Å²) in [6, 6.07) is 6.48. The molecule has 0 radical (unpaired) electrons. The van der Waals surface area contributed by atoms with Crippen LogP contribution >= 0.6 is 0 Å². The summed E-state index contributed by atoms with van der Waals surface area (Å²) in [5.74, 6) is 0.739. The van der Waals surface area contributed by atoms with Crippen molar-refractivity contribution in [3.05, 3.63) is 43.2 Å². The standard InChI is InChI=1S/C22H28N6O/c1-2-4-19(3-1)29-22-20-15-18(5-6-21(20)24-16-25-22)28-13-11-26(12-14-28)9-10-27-8-7-23-17-27/h5-8,15-17,19H,1-4,9-14H2. The van der Waals surface area contributed by atoms with Crippen LogP contribution in [0.5, 0.6) is 5.88 Å². The molecule has 0 spiro atoms. The van der Waals surface area contributed by atoms with Gasteiger partial charge >= 0.3 is 0 Å². The van der Waals surface area contributed by atoms with E-state index < -0.39 is 0 Å². The van der Waals surface area contributed by atoms with E-state index in [2.05, 4.69) is 47.5 Å². The summed E-state index contributed by atoms with van der Waals surface area (Å²) in [4.78, 5) is 18.0. The van der Waals surface area contributed by atoms with Crippen molar-refractivity contribution in [2.75, 3.05) is 37.6 Å². The second kappa shape index (κ2) is 8.37. The number of fused-ring (bicyclic) bond motifs is 1. The highest BCUT2D eigenvalue weighted by Gasteiger charge is 2.20. The molecule has 1 aromatic carbocycles. The molecule has 1 aliphatic carbocycles. The second-order valence-electron chi connectivity index (χ2n) is 8.03. The van der Waals surface area contributed by atoms with Gasteiger partial charge in [0.1, 0.15) is 12.4 Å². The van der Waals surface area contributed by atoms with Crippen molar-refractivity contribution in [2.24, 2.45) is 0 Å². The van der Waals surface area contributed by atoms with Crippen LogP contribution < -0.4 is 9.64 Å². The Balaban J connectivity index is 1.25. The van der Waals surface area contributed by atoms with E-state index in [4.69, 9.17) is 4.74 Å². The predicted molar refractivity (Wildman–Crippen MR) is 113 cm³/mol. The Morgan fingerprint density at radius 1 is 1.00 bits per heavy atom. The van der Waals surface area contributed by atoms with E-state index in [1.165, 1.54) is 18.5 Å². The van der Waals surface area contributed by atoms with Gasteiger partial charge in [-0.1, -0.05) is 0 Å². The molecule has 1 saturated heterocycles. The van der Waals surface area contributed by atoms with Crippen molar-refractivity contribution in [1.29, 1.82) is 0 Å². The number of hydrogen-bond donors (Lipinski definition) is 0. The Bertz CT molecular complexity index is 930. The number of hydrogen-bond acceptors (Lipinski definition) is 6. The molecule has 2 aliphatic rings. The molecule has 0 atom stereocenters. The normalized spacial score (nSPS) is 18.6. The Labute approximate surface area is 171 Å². The summed E-state index contributed by atoms with van der Waals surface area (Å²) >= 11 is 0. The van der Waals surface area contributed by atoms with Crippen LogP contribution in [0, 0.1) is 0 Å². The lowest BCUT2D eigenvalue weighted by molar-refractivity contribution is 0.204. The number of anilines is 1. The fourth-order valence-corrected chi connectivity index (χ4v) is 4.38. The monoisotopic (exact) mass is 392 g/mol. The first-order valence-corrected chi connectivity index (χ1v) is 10.7. The van der Waals surface area contributed by atoms with Gasteiger partial charge in [0.25, 0.3) is 0 Å². The molecule has 152 valence electrons. The van der Waals surface area contributed by atoms with Gasteiger partial charge in [0, 0.05) is 57.3 Å². The van der Waals surface area contributed by atoms with Crippen molar-refractivity contribution in [2.45, 2.75) is 38.3 Å². The fraction of sp³-hybridized carbons (Fsp3) is 0.500. The lowest BCUT2D eigenvalue weighted by Gasteiger charge is -2.36. The van der Waals surface area contributed by atoms with Gasteiger partial charge in [0.2, 0.25) is 5.88 Å². The molecule has 0 unspecified atom stereocenters. The number of nitrogens with zero attached hydrogens (tertiary/aromatic N) is 6. The molecule has 0 N–H and O–H groups in total. The average Bonchev–Trinajstić information content (AvgIpc) is 3.47. The molecule has 1 aliphatic heterocycles. The van der Waals surface area contributed by atoms with Crippen LogP contribution in [0.3, 0.4) is 0 Å². The van der Waals surface area contributed by atoms with Crippen LogP contribution in [0.25, 0.3) is 10.9 Å². The van der Waals surface area contributed by atoms with E-state index in [1.54, 1.807) is 6.33 Å². The van der Waals surface area contributed by atoms with Crippen LogP contribution in [-0.2, 0) is 6.54 Å². The molecular weight excluding hydrogens is 364 g/mol. The number of imidazole rings is 1. The molecular formula is C22H28N6O. The summed E-state index contributed by atoms with van der Waals surface area (Å²) < 4.78 is 8.37. The molecule has 5 rings (SSSR count). The molecule has 1 saturated carbocycles. The number of rotatable bonds is 6. The van der Waals surface area contributed by atoms with E-state index in [-0.39, 0.29) is 0 Å². The smallest absolute Gasteiger partial charge is 0.224 e. The van der Waals surface area contributed by atoms with Gasteiger partial charge in [-0.25, -0.2) is 15.0 Å². The van der Waals surface area contributed by atoms with Crippen molar-refractivity contribution < 1.29 is 4.74 Å². The molecule has 0 amide bonds. The summed E-state index contributed by atoms with van der Waals surface area (Å²) in [5.41, 5.74) is 2.19. The molecule has 7 nitrogen and oxygen atoms in total. The molecule has 3 heterocycles. The van der Waals surface area contributed by atoms with Gasteiger partial charge in [-0.05, 0) is 43.9 Å². The molecule has 3 aromatic rings. The molecule has 2 aromatic heterocycles. The summed E-state index contributed by atoms with van der Waals surface area (Å²) in [6.45, 7) is 6.26. The fourth-order valence-electron chi connectivity index (χ4n) is 4.38. The quantitative estimate of drug-likeness (QED) is 0.643. The average molecular weight is 393 g/mol. The number of piperazine rings is 1. The highest BCUT2D eigenvalue weighted by Crippen LogP contribution is 2.30. The minimum absolute atomic E-state index is 0.302. The topological polar surface area (TPSA) is 59.3 Å². The third-order valence-electron chi connectivity index (χ3n) is 6.13. The zero-order chi connectivity index (χ0) is 19.5. The van der Waals surface area contributed by atoms with Gasteiger partial charge in [0.05, 0.1) is 17.2 Å². The Morgan fingerprint density at radius 2 is 1.86 bits per heavy atom. The molecule has 7 heteroatoms. The lowest BCUT2D eigenvalue weighted by atomic mass is 10.2. The van der Waals surface area contributed by atoms with Crippen LogP contribution in [0.1, 0.15) is 25.7 Å². The molecule has 2 fully saturated rings. The van der Waals surface area contributed by atoms with E-state index in [1.807, 2.05) is 18.7 Å². The summed E-state index contributed by atoms with van der Waals surface area (Å²) in [5, 5.41) is 1.03. The molecule has 0 bridgehead atoms. The van der Waals surface area contributed by atoms with E-state index in [0.717, 1.165) is 68.9 Å². The first-order valence-electron chi connectivity index (χ1n) is 10.7. The maximum Gasteiger partial charge on any atom is 0.224 e. The zero-order valence-electron chi connectivity index (χ0n) is 16.8. The third-order valence-corrected chi connectivity index (χ3v) is 6.13. The SMILES string of the molecule is c1cn(CCN2CCN(c3ccc4ncnc(OC5CCCC5)c4c3)CC2)cn1. The number of ether oxygens (including phenoxy) is 1. The Morgan fingerprint density at radius 3 is 2.66 bits per heavy atom. The summed E-state index contributed by atoms with van der Waals surface area (Å²) in [6.07, 6.45) is 12.4. The maximum absolute atomic E-state index is 6.23. The van der Waals surface area contributed by atoms with E-state index in [9.17, 15) is 0 Å². The highest BCUT2D eigenvalue weighted by molar-refractivity contribution is 5.86. The van der Waals surface area contributed by atoms with Crippen LogP contribution in [-0.4, -0.2) is 63.2 Å². The van der Waals surface area contributed by atoms with Crippen molar-refractivity contribution >= 4 is 16.6 Å². The van der Waals surface area contributed by atoms with Gasteiger partial charge in [0.15, 0.2) is 0 Å². The first kappa shape index (κ1) is 18.4. The number of aromatic nitrogens is 4. The van der Waals surface area contributed by atoms with E-state index >= 15 is 0 Å². The van der Waals surface area contributed by atoms with Crippen LogP contribution in [0.4, 0.5) is 5.69 Å². The van der Waals surface area contributed by atoms with Crippen LogP contribution in [0.15, 0.2) is 43.2 Å². The van der Waals surface area contributed by atoms with Gasteiger partial charge in [-0.2, -0.15) is 0 Å². The number of benzene rings is 1. The van der Waals surface area contributed by atoms with Crippen molar-refractivity contribution in [1.82, 2.24) is 24.4 Å². The van der Waals surface area contributed by atoms with Crippen molar-refractivity contribution in [3.8, 4) is 5.88 Å². The summed E-state index contributed by atoms with van der Waals surface area (Å²) in [7, 11) is 0. The minimum Gasteiger partial charge on any atom is -0.474 e. The van der Waals surface area contributed by atoms with Gasteiger partial charge in [-0.3, -0.25) is 4.90 Å². The Kier molecular flexibility index (Phi) is 5.30. The van der Waals surface area contributed by atoms with Gasteiger partial charge in [-0.15, -0.1) is 0 Å².